The number of hydrogen-bond acceptors (Lipinski definition) is 5. The third-order valence-corrected chi connectivity index (χ3v) is 7.66. The average Bonchev–Trinajstić information content (AvgIpc) is 3.44. The van der Waals surface area contributed by atoms with Crippen molar-refractivity contribution >= 4 is 42.5 Å². The van der Waals surface area contributed by atoms with Crippen molar-refractivity contribution in [2.24, 2.45) is 0 Å². The summed E-state index contributed by atoms with van der Waals surface area (Å²) in [5, 5.41) is 12.3. The van der Waals surface area contributed by atoms with Gasteiger partial charge in [0, 0.05) is 11.1 Å². The molecular formula is C34H38LiNO5S. The number of aryl methyl sites for hydroxylation is 1. The Balaban J connectivity index is 0.00000484. The first-order valence-electron chi connectivity index (χ1n) is 13.7. The van der Waals surface area contributed by atoms with Crippen LogP contribution >= 0.6 is 11.8 Å². The summed E-state index contributed by atoms with van der Waals surface area (Å²) in [7, 11) is 0. The summed E-state index contributed by atoms with van der Waals surface area (Å²) in [6.45, 7) is 6.97. The number of furan rings is 1. The number of hydrogen-bond donors (Lipinski definition) is 2. The first-order chi connectivity index (χ1) is 19.8. The maximum atomic E-state index is 13.3. The van der Waals surface area contributed by atoms with E-state index >= 15 is 0 Å². The van der Waals surface area contributed by atoms with Crippen LogP contribution in [0.1, 0.15) is 59.0 Å². The SMILES string of the molecule is CSCC[C@H](NC(=O)c1ccc(COCc2ccc(-c3ccc(C(C)C)cc3)o2)cc1-c1ccccc1C)C(=O)O.[LiH]. The molecule has 0 saturated heterocycles. The zero-order chi connectivity index (χ0) is 29.4. The van der Waals surface area contributed by atoms with E-state index in [0.29, 0.717) is 36.9 Å². The summed E-state index contributed by atoms with van der Waals surface area (Å²) in [5.74, 6) is 1.20. The minimum atomic E-state index is -1.04. The van der Waals surface area contributed by atoms with Crippen molar-refractivity contribution in [3.63, 3.8) is 0 Å². The molecule has 42 heavy (non-hydrogen) atoms. The van der Waals surface area contributed by atoms with Gasteiger partial charge in [0.2, 0.25) is 0 Å². The fraction of sp³-hybridized carbons (Fsp3) is 0.294. The molecule has 0 bridgehead atoms. The number of amides is 1. The number of ether oxygens (including phenoxy) is 1. The van der Waals surface area contributed by atoms with E-state index in [4.69, 9.17) is 9.15 Å². The van der Waals surface area contributed by atoms with E-state index in [1.165, 1.54) is 5.56 Å². The predicted molar refractivity (Wildman–Crippen MR) is 172 cm³/mol. The van der Waals surface area contributed by atoms with Gasteiger partial charge in [-0.3, -0.25) is 4.79 Å². The molecular weight excluding hydrogens is 541 g/mol. The van der Waals surface area contributed by atoms with E-state index in [1.54, 1.807) is 17.8 Å². The Morgan fingerprint density at radius 2 is 1.69 bits per heavy atom. The van der Waals surface area contributed by atoms with Crippen LogP contribution in [0.3, 0.4) is 0 Å². The second kappa shape index (κ2) is 15.9. The molecule has 0 aliphatic rings. The Bertz CT molecular complexity index is 1480. The number of benzene rings is 3. The Morgan fingerprint density at radius 3 is 2.36 bits per heavy atom. The van der Waals surface area contributed by atoms with Gasteiger partial charge in [-0.1, -0.05) is 68.4 Å². The van der Waals surface area contributed by atoms with Crippen LogP contribution in [0.4, 0.5) is 0 Å². The number of nitrogens with one attached hydrogen (secondary N) is 1. The van der Waals surface area contributed by atoms with Crippen molar-refractivity contribution in [2.75, 3.05) is 12.0 Å². The molecule has 4 rings (SSSR count). The van der Waals surface area contributed by atoms with Crippen LogP contribution in [0.15, 0.2) is 83.3 Å². The van der Waals surface area contributed by atoms with Crippen LogP contribution in [0.25, 0.3) is 22.5 Å². The van der Waals surface area contributed by atoms with E-state index in [0.717, 1.165) is 39.3 Å². The molecule has 0 unspecified atom stereocenters. The van der Waals surface area contributed by atoms with E-state index < -0.39 is 17.9 Å². The van der Waals surface area contributed by atoms with E-state index in [9.17, 15) is 14.7 Å². The van der Waals surface area contributed by atoms with Crippen LogP contribution in [0.5, 0.6) is 0 Å². The minimum absolute atomic E-state index is 0. The molecule has 1 atom stereocenters. The van der Waals surface area contributed by atoms with Gasteiger partial charge in [0.05, 0.1) is 6.61 Å². The molecule has 0 spiro atoms. The molecule has 6 nitrogen and oxygen atoms in total. The molecule has 216 valence electrons. The Hall–Kier alpha value is -3.21. The van der Waals surface area contributed by atoms with Gasteiger partial charge in [0.25, 0.3) is 5.91 Å². The van der Waals surface area contributed by atoms with Gasteiger partial charge in [-0.2, -0.15) is 11.8 Å². The summed E-state index contributed by atoms with van der Waals surface area (Å²) in [6, 6.07) is 24.7. The van der Waals surface area contributed by atoms with Crippen LogP contribution in [-0.2, 0) is 22.7 Å². The molecule has 4 aromatic rings. The number of carbonyl (C=O) groups is 2. The molecule has 1 heterocycles. The van der Waals surface area contributed by atoms with Crippen molar-refractivity contribution in [1.82, 2.24) is 5.32 Å². The standard InChI is InChI=1S/C34H37NO5S.Li.H/c1-22(2)25-10-12-26(13-11-25)32-16-14-27(40-32)21-39-20-24-9-15-29(30(19-24)28-8-6-5-7-23(28)3)33(36)35-31(34(37)38)17-18-41-4;;/h5-16,19,22,31H,17-18,20-21H2,1-4H3,(H,35,36)(H,37,38);;/t31-;;/m0../s1. The molecule has 0 aliphatic carbocycles. The van der Waals surface area contributed by atoms with Gasteiger partial charge in [0.15, 0.2) is 0 Å². The van der Waals surface area contributed by atoms with E-state index in [-0.39, 0.29) is 18.9 Å². The molecule has 0 aliphatic heterocycles. The molecule has 1 aromatic heterocycles. The Kier molecular flexibility index (Phi) is 12.6. The normalized spacial score (nSPS) is 11.6. The topological polar surface area (TPSA) is 88.8 Å². The summed E-state index contributed by atoms with van der Waals surface area (Å²) in [6.07, 6.45) is 2.26. The van der Waals surface area contributed by atoms with Crippen LogP contribution in [-0.4, -0.2) is 53.9 Å². The molecule has 8 heteroatoms. The van der Waals surface area contributed by atoms with Crippen molar-refractivity contribution in [1.29, 1.82) is 0 Å². The van der Waals surface area contributed by atoms with Gasteiger partial charge in [0.1, 0.15) is 24.2 Å². The fourth-order valence-corrected chi connectivity index (χ4v) is 5.09. The van der Waals surface area contributed by atoms with Crippen LogP contribution < -0.4 is 5.32 Å². The number of carboxylic acid groups (broad SMARTS) is 1. The second-order valence-corrected chi connectivity index (χ2v) is 11.4. The van der Waals surface area contributed by atoms with Crippen LogP contribution in [0, 0.1) is 6.92 Å². The average molecular weight is 580 g/mol. The Labute approximate surface area is 264 Å². The van der Waals surface area contributed by atoms with Crippen molar-refractivity contribution in [3.05, 3.63) is 107 Å². The molecule has 2 N–H and O–H groups in total. The molecule has 3 aromatic carbocycles. The number of aliphatic carboxylic acids is 1. The summed E-state index contributed by atoms with van der Waals surface area (Å²) in [5.41, 5.74) is 6.30. The first-order valence-corrected chi connectivity index (χ1v) is 15.1. The van der Waals surface area contributed by atoms with Gasteiger partial charge in [-0.15, -0.1) is 0 Å². The number of carboxylic acids is 1. The monoisotopic (exact) mass is 579 g/mol. The fourth-order valence-electron chi connectivity index (χ4n) is 4.62. The first kappa shape index (κ1) is 33.3. The van der Waals surface area contributed by atoms with E-state index in [2.05, 4.69) is 43.4 Å². The third kappa shape index (κ3) is 8.65. The molecule has 0 fully saturated rings. The Morgan fingerprint density at radius 1 is 0.952 bits per heavy atom. The van der Waals surface area contributed by atoms with Gasteiger partial charge < -0.3 is 19.6 Å². The number of carbonyl (C=O) groups excluding carboxylic acids is 1. The summed E-state index contributed by atoms with van der Waals surface area (Å²) >= 11 is 1.55. The van der Waals surface area contributed by atoms with Crippen molar-refractivity contribution in [2.45, 2.75) is 52.4 Å². The zero-order valence-electron chi connectivity index (χ0n) is 24.0. The molecule has 0 saturated carbocycles. The van der Waals surface area contributed by atoms with Gasteiger partial charge in [-0.05, 0) is 83.4 Å². The predicted octanol–water partition coefficient (Wildman–Crippen LogP) is 7.05. The summed E-state index contributed by atoms with van der Waals surface area (Å²) in [4.78, 5) is 25.0. The van der Waals surface area contributed by atoms with Crippen molar-refractivity contribution < 1.29 is 23.8 Å². The van der Waals surface area contributed by atoms with Crippen molar-refractivity contribution in [3.8, 4) is 22.5 Å². The zero-order valence-corrected chi connectivity index (χ0v) is 24.8. The quantitative estimate of drug-likeness (QED) is 0.165. The molecule has 1 amide bonds. The maximum absolute atomic E-state index is 13.3. The molecule has 0 radical (unpaired) electrons. The van der Waals surface area contributed by atoms with Gasteiger partial charge in [-0.25, -0.2) is 4.79 Å². The third-order valence-electron chi connectivity index (χ3n) is 7.01. The van der Waals surface area contributed by atoms with E-state index in [1.807, 2.05) is 61.7 Å². The second-order valence-electron chi connectivity index (χ2n) is 10.4. The number of thioether (sulfide) groups is 1. The van der Waals surface area contributed by atoms with Gasteiger partial charge >= 0.3 is 24.8 Å². The summed E-state index contributed by atoms with van der Waals surface area (Å²) < 4.78 is 12.0. The van der Waals surface area contributed by atoms with Crippen LogP contribution in [0.2, 0.25) is 0 Å². The number of rotatable bonds is 13.